The molecule has 0 amide bonds. The van der Waals surface area contributed by atoms with Gasteiger partial charge < -0.3 is 16.3 Å². The lowest BCUT2D eigenvalue weighted by Gasteiger charge is -2.20. The number of nitrogens with one attached hydrogen (secondary N) is 1. The molecule has 0 radical (unpaired) electrons. The molecule has 0 bridgehead atoms. The molecule has 16 heavy (non-hydrogen) atoms. The van der Waals surface area contributed by atoms with Crippen LogP contribution in [0.2, 0.25) is 0 Å². The fraction of sp³-hybridized carbons (Fsp3) is 0.917. The van der Waals surface area contributed by atoms with Crippen LogP contribution in [0.15, 0.2) is 5.16 Å². The summed E-state index contributed by atoms with van der Waals surface area (Å²) in [6.07, 6.45) is 6.34. The van der Waals surface area contributed by atoms with Gasteiger partial charge in [0.1, 0.15) is 5.84 Å². The molecule has 2 aliphatic carbocycles. The Morgan fingerprint density at radius 1 is 1.38 bits per heavy atom. The lowest BCUT2D eigenvalue weighted by Crippen LogP contribution is -2.35. The minimum Gasteiger partial charge on any atom is -0.409 e. The zero-order valence-corrected chi connectivity index (χ0v) is 10.0. The quantitative estimate of drug-likeness (QED) is 0.266. The second-order valence-electron chi connectivity index (χ2n) is 5.44. The highest BCUT2D eigenvalue weighted by Gasteiger charge is 2.40. The van der Waals surface area contributed by atoms with Gasteiger partial charge in [-0.3, -0.25) is 0 Å². The van der Waals surface area contributed by atoms with Crippen LogP contribution in [0.25, 0.3) is 0 Å². The van der Waals surface area contributed by atoms with E-state index in [1.807, 2.05) is 0 Å². The monoisotopic (exact) mass is 225 g/mol. The summed E-state index contributed by atoms with van der Waals surface area (Å²) >= 11 is 0. The minimum atomic E-state index is 0.302. The zero-order chi connectivity index (χ0) is 11.5. The number of nitrogens with zero attached hydrogens (tertiary/aromatic N) is 1. The lowest BCUT2D eigenvalue weighted by molar-refractivity contribution is 0.314. The molecule has 4 heteroatoms. The van der Waals surface area contributed by atoms with Gasteiger partial charge >= 0.3 is 0 Å². The Bertz CT molecular complexity index is 247. The Hall–Kier alpha value is -0.770. The molecule has 0 spiro atoms. The van der Waals surface area contributed by atoms with Gasteiger partial charge in [0.2, 0.25) is 0 Å². The predicted molar refractivity (Wildman–Crippen MR) is 64.4 cm³/mol. The van der Waals surface area contributed by atoms with Gasteiger partial charge in [0.05, 0.1) is 0 Å². The first-order valence-corrected chi connectivity index (χ1v) is 6.40. The summed E-state index contributed by atoms with van der Waals surface area (Å²) in [5.41, 5.74) is 5.48. The van der Waals surface area contributed by atoms with Crippen LogP contribution in [0.4, 0.5) is 0 Å². The molecule has 0 heterocycles. The van der Waals surface area contributed by atoms with Crippen molar-refractivity contribution >= 4 is 5.84 Å². The standard InChI is InChI=1S/C12H23N3O/c1-8(6-12(13)15-16)14-7-11(9-2-3-9)10-4-5-10/h8-11,14,16H,2-7H2,1H3,(H2,13,15). The molecule has 1 unspecified atom stereocenters. The van der Waals surface area contributed by atoms with Gasteiger partial charge in [-0.25, -0.2) is 0 Å². The van der Waals surface area contributed by atoms with E-state index in [2.05, 4.69) is 17.4 Å². The predicted octanol–water partition coefficient (Wildman–Crippen LogP) is 1.54. The normalized spacial score (nSPS) is 23.8. The van der Waals surface area contributed by atoms with Gasteiger partial charge in [0.25, 0.3) is 0 Å². The van der Waals surface area contributed by atoms with Crippen LogP contribution in [-0.4, -0.2) is 23.6 Å². The summed E-state index contributed by atoms with van der Waals surface area (Å²) in [6, 6.07) is 0.302. The van der Waals surface area contributed by atoms with Crippen molar-refractivity contribution in [1.29, 1.82) is 0 Å². The largest absolute Gasteiger partial charge is 0.409 e. The fourth-order valence-electron chi connectivity index (χ4n) is 2.53. The number of hydrogen-bond donors (Lipinski definition) is 3. The number of amidine groups is 1. The van der Waals surface area contributed by atoms with E-state index in [1.54, 1.807) is 0 Å². The average Bonchev–Trinajstić information content (AvgIpc) is 3.11. The van der Waals surface area contributed by atoms with Crippen molar-refractivity contribution in [2.45, 2.75) is 45.1 Å². The maximum Gasteiger partial charge on any atom is 0.140 e. The summed E-state index contributed by atoms with van der Waals surface area (Å²) in [7, 11) is 0. The second kappa shape index (κ2) is 5.04. The highest BCUT2D eigenvalue weighted by Crippen LogP contribution is 2.48. The highest BCUT2D eigenvalue weighted by atomic mass is 16.4. The van der Waals surface area contributed by atoms with E-state index >= 15 is 0 Å². The number of oxime groups is 1. The van der Waals surface area contributed by atoms with E-state index in [-0.39, 0.29) is 0 Å². The molecule has 0 aromatic rings. The Morgan fingerprint density at radius 2 is 1.94 bits per heavy atom. The molecule has 2 fully saturated rings. The first-order chi connectivity index (χ1) is 7.70. The maximum absolute atomic E-state index is 8.49. The van der Waals surface area contributed by atoms with Crippen molar-refractivity contribution in [2.24, 2.45) is 28.6 Å². The Labute approximate surface area is 97.3 Å². The van der Waals surface area contributed by atoms with Crippen LogP contribution in [0.3, 0.4) is 0 Å². The van der Waals surface area contributed by atoms with Crippen LogP contribution in [0.5, 0.6) is 0 Å². The molecule has 0 saturated heterocycles. The number of hydrogen-bond acceptors (Lipinski definition) is 3. The molecule has 0 aromatic carbocycles. The maximum atomic E-state index is 8.49. The van der Waals surface area contributed by atoms with Gasteiger partial charge in [0, 0.05) is 12.5 Å². The highest BCUT2D eigenvalue weighted by molar-refractivity contribution is 5.80. The number of nitrogens with two attached hydrogens (primary N) is 1. The number of rotatable bonds is 7. The van der Waals surface area contributed by atoms with E-state index in [4.69, 9.17) is 10.9 Å². The molecular formula is C12H23N3O. The van der Waals surface area contributed by atoms with Crippen LogP contribution < -0.4 is 11.1 Å². The molecule has 0 aliphatic heterocycles. The fourth-order valence-corrected chi connectivity index (χ4v) is 2.53. The van der Waals surface area contributed by atoms with Crippen molar-refractivity contribution in [3.8, 4) is 0 Å². The summed E-state index contributed by atoms with van der Waals surface area (Å²) < 4.78 is 0. The van der Waals surface area contributed by atoms with Crippen LogP contribution in [0.1, 0.15) is 39.0 Å². The smallest absolute Gasteiger partial charge is 0.140 e. The Morgan fingerprint density at radius 3 is 2.38 bits per heavy atom. The van der Waals surface area contributed by atoms with Gasteiger partial charge in [-0.05, 0) is 56.9 Å². The third kappa shape index (κ3) is 3.37. The molecule has 2 saturated carbocycles. The molecule has 1 atom stereocenters. The van der Waals surface area contributed by atoms with Crippen molar-refractivity contribution in [3.05, 3.63) is 0 Å². The molecule has 2 aliphatic rings. The molecule has 2 rings (SSSR count). The third-order valence-electron chi connectivity index (χ3n) is 3.80. The van der Waals surface area contributed by atoms with Crippen LogP contribution in [-0.2, 0) is 0 Å². The minimum absolute atomic E-state index is 0.302. The van der Waals surface area contributed by atoms with Gasteiger partial charge in [0.15, 0.2) is 0 Å². The van der Waals surface area contributed by atoms with Crippen LogP contribution >= 0.6 is 0 Å². The van der Waals surface area contributed by atoms with E-state index in [0.717, 1.165) is 24.3 Å². The first kappa shape index (κ1) is 11.7. The summed E-state index contributed by atoms with van der Waals surface area (Å²) in [4.78, 5) is 0. The van der Waals surface area contributed by atoms with Crippen LogP contribution in [0, 0.1) is 17.8 Å². The summed E-state index contributed by atoms with van der Waals surface area (Å²) in [6.45, 7) is 3.20. The van der Waals surface area contributed by atoms with Crippen molar-refractivity contribution in [1.82, 2.24) is 5.32 Å². The molecule has 0 aromatic heterocycles. The zero-order valence-electron chi connectivity index (χ0n) is 10.0. The third-order valence-corrected chi connectivity index (χ3v) is 3.80. The van der Waals surface area contributed by atoms with E-state index < -0.39 is 0 Å². The van der Waals surface area contributed by atoms with Gasteiger partial charge in [-0.15, -0.1) is 0 Å². The van der Waals surface area contributed by atoms with Crippen molar-refractivity contribution < 1.29 is 5.21 Å². The average molecular weight is 225 g/mol. The van der Waals surface area contributed by atoms with E-state index in [0.29, 0.717) is 18.3 Å². The van der Waals surface area contributed by atoms with E-state index in [1.165, 1.54) is 25.7 Å². The summed E-state index contributed by atoms with van der Waals surface area (Å²) in [5.74, 6) is 3.16. The molecule has 4 nitrogen and oxygen atoms in total. The van der Waals surface area contributed by atoms with Gasteiger partial charge in [-0.2, -0.15) is 0 Å². The Kier molecular flexibility index (Phi) is 3.69. The SMILES string of the molecule is CC(CC(N)=NO)NCC(C1CC1)C1CC1. The second-order valence-corrected chi connectivity index (χ2v) is 5.44. The molecular weight excluding hydrogens is 202 g/mol. The summed E-state index contributed by atoms with van der Waals surface area (Å²) in [5, 5.41) is 15.0. The van der Waals surface area contributed by atoms with Crippen molar-refractivity contribution in [2.75, 3.05) is 6.54 Å². The molecule has 4 N–H and O–H groups in total. The lowest BCUT2D eigenvalue weighted by atomic mass is 9.97. The van der Waals surface area contributed by atoms with Gasteiger partial charge in [-0.1, -0.05) is 5.16 Å². The topological polar surface area (TPSA) is 70.6 Å². The van der Waals surface area contributed by atoms with E-state index in [9.17, 15) is 0 Å². The Balaban J connectivity index is 1.68. The first-order valence-electron chi connectivity index (χ1n) is 6.40. The molecule has 92 valence electrons. The van der Waals surface area contributed by atoms with Crippen molar-refractivity contribution in [3.63, 3.8) is 0 Å².